The standard InChI is InChI=1S/C15H19N3O2S/c1-3-16-14-7-4-11-10-12(5-6-13(11)17-14)21(19,20)18-15(2)8-9-15/h4-7,10,18H,3,8-9H2,1-2H3,(H,16,17). The molecule has 1 aliphatic rings. The van der Waals surface area contributed by atoms with Gasteiger partial charge < -0.3 is 5.32 Å². The number of benzene rings is 1. The molecule has 0 saturated heterocycles. The van der Waals surface area contributed by atoms with Crippen LogP contribution >= 0.6 is 0 Å². The van der Waals surface area contributed by atoms with Crippen LogP contribution in [0.1, 0.15) is 26.7 Å². The molecule has 1 aromatic carbocycles. The molecule has 1 fully saturated rings. The topological polar surface area (TPSA) is 71.1 Å². The molecule has 112 valence electrons. The van der Waals surface area contributed by atoms with Gasteiger partial charge in [0.2, 0.25) is 10.0 Å². The van der Waals surface area contributed by atoms with E-state index in [-0.39, 0.29) is 5.54 Å². The van der Waals surface area contributed by atoms with E-state index < -0.39 is 10.0 Å². The van der Waals surface area contributed by atoms with Gasteiger partial charge in [-0.15, -0.1) is 0 Å². The molecule has 2 N–H and O–H groups in total. The summed E-state index contributed by atoms with van der Waals surface area (Å²) in [5.74, 6) is 0.796. The fourth-order valence-electron chi connectivity index (χ4n) is 2.22. The molecule has 21 heavy (non-hydrogen) atoms. The highest BCUT2D eigenvalue weighted by atomic mass is 32.2. The number of rotatable bonds is 5. The van der Waals surface area contributed by atoms with Crippen molar-refractivity contribution in [3.8, 4) is 0 Å². The summed E-state index contributed by atoms with van der Waals surface area (Å²) in [6.07, 6.45) is 1.79. The molecule has 5 nitrogen and oxygen atoms in total. The SMILES string of the molecule is CCNc1ccc2cc(S(=O)(=O)NC3(C)CC3)ccc2n1. The fourth-order valence-corrected chi connectivity index (χ4v) is 3.72. The normalized spacial score (nSPS) is 16.9. The Bertz CT molecular complexity index is 783. The summed E-state index contributed by atoms with van der Waals surface area (Å²) >= 11 is 0. The number of sulfonamides is 1. The van der Waals surface area contributed by atoms with E-state index in [0.29, 0.717) is 4.90 Å². The summed E-state index contributed by atoms with van der Waals surface area (Å²) in [4.78, 5) is 4.74. The van der Waals surface area contributed by atoms with Gasteiger partial charge in [0.25, 0.3) is 0 Å². The van der Waals surface area contributed by atoms with Crippen LogP contribution in [0.15, 0.2) is 35.2 Å². The van der Waals surface area contributed by atoms with E-state index in [2.05, 4.69) is 15.0 Å². The number of hydrogen-bond donors (Lipinski definition) is 2. The van der Waals surface area contributed by atoms with Crippen LogP contribution in [-0.2, 0) is 10.0 Å². The van der Waals surface area contributed by atoms with E-state index in [1.807, 2.05) is 26.0 Å². The van der Waals surface area contributed by atoms with E-state index >= 15 is 0 Å². The van der Waals surface area contributed by atoms with Crippen LogP contribution in [0.4, 0.5) is 5.82 Å². The van der Waals surface area contributed by atoms with Crippen LogP contribution < -0.4 is 10.0 Å². The molecule has 2 aromatic rings. The molecule has 0 bridgehead atoms. The lowest BCUT2D eigenvalue weighted by Crippen LogP contribution is -2.34. The zero-order chi connectivity index (χ0) is 15.1. The minimum Gasteiger partial charge on any atom is -0.370 e. The van der Waals surface area contributed by atoms with Gasteiger partial charge in [-0.2, -0.15) is 0 Å². The first kappa shape index (κ1) is 14.3. The predicted molar refractivity (Wildman–Crippen MR) is 83.9 cm³/mol. The zero-order valence-corrected chi connectivity index (χ0v) is 13.0. The van der Waals surface area contributed by atoms with E-state index in [4.69, 9.17) is 0 Å². The second-order valence-electron chi connectivity index (χ2n) is 5.75. The average Bonchev–Trinajstić information content (AvgIpc) is 3.15. The second-order valence-corrected chi connectivity index (χ2v) is 7.43. The van der Waals surface area contributed by atoms with Crippen LogP contribution in [0.3, 0.4) is 0 Å². The quantitative estimate of drug-likeness (QED) is 0.890. The largest absolute Gasteiger partial charge is 0.370 e. The van der Waals surface area contributed by atoms with Crippen LogP contribution in [0, 0.1) is 0 Å². The number of fused-ring (bicyclic) bond motifs is 1. The number of pyridine rings is 1. The Kier molecular flexibility index (Phi) is 3.37. The van der Waals surface area contributed by atoms with E-state index in [1.54, 1.807) is 18.2 Å². The Morgan fingerprint density at radius 2 is 2.00 bits per heavy atom. The number of aromatic nitrogens is 1. The molecule has 1 saturated carbocycles. The Labute approximate surface area is 124 Å². The minimum absolute atomic E-state index is 0.263. The summed E-state index contributed by atoms with van der Waals surface area (Å²) in [5, 5.41) is 3.96. The molecular weight excluding hydrogens is 286 g/mol. The first-order chi connectivity index (χ1) is 9.92. The molecular formula is C15H19N3O2S. The number of nitrogens with zero attached hydrogens (tertiary/aromatic N) is 1. The van der Waals surface area contributed by atoms with Gasteiger partial charge in [0.15, 0.2) is 0 Å². The van der Waals surface area contributed by atoms with Crippen molar-refractivity contribution >= 4 is 26.7 Å². The van der Waals surface area contributed by atoms with Crippen molar-refractivity contribution in [3.05, 3.63) is 30.3 Å². The maximum atomic E-state index is 12.4. The third-order valence-electron chi connectivity index (χ3n) is 3.71. The lowest BCUT2D eigenvalue weighted by Gasteiger charge is -2.12. The van der Waals surface area contributed by atoms with Crippen molar-refractivity contribution in [1.29, 1.82) is 0 Å². The fraction of sp³-hybridized carbons (Fsp3) is 0.400. The Morgan fingerprint density at radius 3 is 2.67 bits per heavy atom. The highest BCUT2D eigenvalue weighted by molar-refractivity contribution is 7.89. The molecule has 1 aromatic heterocycles. The zero-order valence-electron chi connectivity index (χ0n) is 12.2. The van der Waals surface area contributed by atoms with Crippen LogP contribution in [0.2, 0.25) is 0 Å². The maximum absolute atomic E-state index is 12.4. The van der Waals surface area contributed by atoms with Gasteiger partial charge in [-0.05, 0) is 57.0 Å². The van der Waals surface area contributed by atoms with E-state index in [0.717, 1.165) is 36.1 Å². The van der Waals surface area contributed by atoms with E-state index in [9.17, 15) is 8.42 Å². The summed E-state index contributed by atoms with van der Waals surface area (Å²) < 4.78 is 27.5. The summed E-state index contributed by atoms with van der Waals surface area (Å²) in [5.41, 5.74) is 0.519. The highest BCUT2D eigenvalue weighted by Crippen LogP contribution is 2.36. The van der Waals surface area contributed by atoms with Crippen molar-refractivity contribution in [2.75, 3.05) is 11.9 Å². The molecule has 0 atom stereocenters. The summed E-state index contributed by atoms with van der Waals surface area (Å²) in [6, 6.07) is 8.78. The van der Waals surface area contributed by atoms with Crippen LogP contribution in [-0.4, -0.2) is 25.5 Å². The van der Waals surface area contributed by atoms with Gasteiger partial charge in [-0.1, -0.05) is 0 Å². The molecule has 0 aliphatic heterocycles. The van der Waals surface area contributed by atoms with Gasteiger partial charge in [-0.25, -0.2) is 18.1 Å². The van der Waals surface area contributed by atoms with Crippen molar-refractivity contribution in [3.63, 3.8) is 0 Å². The monoisotopic (exact) mass is 305 g/mol. The molecule has 0 radical (unpaired) electrons. The molecule has 1 aliphatic carbocycles. The molecule has 0 unspecified atom stereocenters. The van der Waals surface area contributed by atoms with Crippen LogP contribution in [0.25, 0.3) is 10.9 Å². The lowest BCUT2D eigenvalue weighted by atomic mass is 10.2. The Hall–Kier alpha value is -1.66. The number of anilines is 1. The second kappa shape index (κ2) is 4.96. The van der Waals surface area contributed by atoms with E-state index in [1.165, 1.54) is 0 Å². The molecule has 1 heterocycles. The smallest absolute Gasteiger partial charge is 0.241 e. The minimum atomic E-state index is -3.46. The van der Waals surface area contributed by atoms with Crippen molar-refractivity contribution in [2.24, 2.45) is 0 Å². The molecule has 6 heteroatoms. The Morgan fingerprint density at radius 1 is 1.24 bits per heavy atom. The summed E-state index contributed by atoms with van der Waals surface area (Å²) in [7, 11) is -3.46. The van der Waals surface area contributed by atoms with Gasteiger partial charge in [0.05, 0.1) is 10.4 Å². The number of nitrogens with one attached hydrogen (secondary N) is 2. The summed E-state index contributed by atoms with van der Waals surface area (Å²) in [6.45, 7) is 4.73. The van der Waals surface area contributed by atoms with Crippen LogP contribution in [0.5, 0.6) is 0 Å². The highest BCUT2D eigenvalue weighted by Gasteiger charge is 2.41. The van der Waals surface area contributed by atoms with Gasteiger partial charge in [0, 0.05) is 17.5 Å². The average molecular weight is 305 g/mol. The third-order valence-corrected chi connectivity index (χ3v) is 5.35. The van der Waals surface area contributed by atoms with Gasteiger partial charge in [-0.3, -0.25) is 0 Å². The predicted octanol–water partition coefficient (Wildman–Crippen LogP) is 2.50. The van der Waals surface area contributed by atoms with Gasteiger partial charge in [0.1, 0.15) is 5.82 Å². The van der Waals surface area contributed by atoms with Crippen molar-refractivity contribution in [2.45, 2.75) is 37.1 Å². The van der Waals surface area contributed by atoms with Gasteiger partial charge >= 0.3 is 0 Å². The first-order valence-corrected chi connectivity index (χ1v) is 8.59. The van der Waals surface area contributed by atoms with Crippen molar-refractivity contribution in [1.82, 2.24) is 9.71 Å². The lowest BCUT2D eigenvalue weighted by molar-refractivity contribution is 0.558. The maximum Gasteiger partial charge on any atom is 0.241 e. The third kappa shape index (κ3) is 3.01. The molecule has 3 rings (SSSR count). The molecule has 0 amide bonds. The van der Waals surface area contributed by atoms with Crippen molar-refractivity contribution < 1.29 is 8.42 Å². The first-order valence-electron chi connectivity index (χ1n) is 7.11. The number of hydrogen-bond acceptors (Lipinski definition) is 4. The Balaban J connectivity index is 1.95. The molecule has 0 spiro atoms.